The van der Waals surface area contributed by atoms with Crippen LogP contribution in [0.25, 0.3) is 0 Å². The summed E-state index contributed by atoms with van der Waals surface area (Å²) in [5, 5.41) is 8.39. The summed E-state index contributed by atoms with van der Waals surface area (Å²) < 4.78 is 4.64. The molecular weight excluding hydrogens is 104 g/mol. The molecule has 0 aliphatic heterocycles. The zero-order chi connectivity index (χ0) is 6.57. The van der Waals surface area contributed by atoms with Crippen LogP contribution >= 0.6 is 0 Å². The summed E-state index contributed by atoms with van der Waals surface area (Å²) >= 11 is 0. The summed E-state index contributed by atoms with van der Waals surface area (Å²) in [6, 6.07) is 0. The van der Waals surface area contributed by atoms with Gasteiger partial charge in [0.25, 0.3) is 5.95 Å². The molecule has 46 valence electrons. The van der Waals surface area contributed by atoms with Gasteiger partial charge in [0.05, 0.1) is 0 Å². The Morgan fingerprint density at radius 2 is 2.38 bits per heavy atom. The molecule has 0 saturated heterocycles. The Labute approximate surface area is 49.1 Å². The number of hydrogen-bond donors (Lipinski definition) is 1. The van der Waals surface area contributed by atoms with Crippen molar-refractivity contribution < 1.29 is 9.84 Å². The lowest BCUT2D eigenvalue weighted by Gasteiger charge is -2.05. The Bertz CT molecular complexity index is 96.7. The molecule has 0 aromatic heterocycles. The van der Waals surface area contributed by atoms with Crippen molar-refractivity contribution in [3.63, 3.8) is 0 Å². The van der Waals surface area contributed by atoms with Crippen LogP contribution in [-0.4, -0.2) is 11.2 Å². The first-order valence-corrected chi connectivity index (χ1v) is 2.34. The third-order valence-electron chi connectivity index (χ3n) is 0.654. The smallest absolute Gasteiger partial charge is 0.269 e. The monoisotopic (exact) mass is 114 g/mol. The van der Waals surface area contributed by atoms with E-state index in [9.17, 15) is 0 Å². The standard InChI is InChI=1S/C6H10O2/c1-4-5(2)8-6(3)7/h4-5,7H,1,3H2,2H3. The molecule has 0 saturated carbocycles. The molecular formula is C6H10O2. The molecule has 0 aromatic carbocycles. The Balaban J connectivity index is 3.38. The zero-order valence-electron chi connectivity index (χ0n) is 4.92. The van der Waals surface area contributed by atoms with Gasteiger partial charge >= 0.3 is 0 Å². The maximum absolute atomic E-state index is 8.39. The van der Waals surface area contributed by atoms with Gasteiger partial charge in [0.2, 0.25) is 0 Å². The van der Waals surface area contributed by atoms with E-state index in [-0.39, 0.29) is 12.0 Å². The Kier molecular flexibility index (Phi) is 2.77. The van der Waals surface area contributed by atoms with E-state index in [0.717, 1.165) is 0 Å². The van der Waals surface area contributed by atoms with Crippen LogP contribution < -0.4 is 0 Å². The Morgan fingerprint density at radius 3 is 2.50 bits per heavy atom. The summed E-state index contributed by atoms with van der Waals surface area (Å²) in [5.41, 5.74) is 0. The third-order valence-corrected chi connectivity index (χ3v) is 0.654. The molecule has 8 heavy (non-hydrogen) atoms. The summed E-state index contributed by atoms with van der Waals surface area (Å²) in [7, 11) is 0. The van der Waals surface area contributed by atoms with Crippen LogP contribution in [0.3, 0.4) is 0 Å². The average molecular weight is 114 g/mol. The first-order valence-electron chi connectivity index (χ1n) is 2.34. The van der Waals surface area contributed by atoms with Gasteiger partial charge < -0.3 is 9.84 Å². The van der Waals surface area contributed by atoms with Crippen molar-refractivity contribution >= 4 is 0 Å². The van der Waals surface area contributed by atoms with Gasteiger partial charge in [-0.3, -0.25) is 0 Å². The van der Waals surface area contributed by atoms with Crippen LogP contribution in [0.2, 0.25) is 0 Å². The number of aliphatic hydroxyl groups is 1. The molecule has 0 spiro atoms. The van der Waals surface area contributed by atoms with Crippen molar-refractivity contribution in [2.45, 2.75) is 13.0 Å². The largest absolute Gasteiger partial charge is 0.481 e. The van der Waals surface area contributed by atoms with Gasteiger partial charge in [-0.15, -0.1) is 0 Å². The topological polar surface area (TPSA) is 29.5 Å². The van der Waals surface area contributed by atoms with Crippen LogP contribution in [0.15, 0.2) is 25.2 Å². The molecule has 0 bridgehead atoms. The van der Waals surface area contributed by atoms with Gasteiger partial charge in [-0.05, 0) is 13.5 Å². The maximum Gasteiger partial charge on any atom is 0.269 e. The predicted octanol–water partition coefficient (Wildman–Crippen LogP) is 1.61. The highest BCUT2D eigenvalue weighted by atomic mass is 16.6. The first kappa shape index (κ1) is 7.08. The van der Waals surface area contributed by atoms with E-state index in [2.05, 4.69) is 17.9 Å². The molecule has 0 aromatic rings. The summed E-state index contributed by atoms with van der Waals surface area (Å²) in [6.45, 7) is 8.32. The molecule has 0 heterocycles. The first-order chi connectivity index (χ1) is 3.66. The molecule has 2 heteroatoms. The van der Waals surface area contributed by atoms with Crippen LogP contribution in [0, 0.1) is 0 Å². The normalized spacial score (nSPS) is 12.1. The highest BCUT2D eigenvalue weighted by Gasteiger charge is 1.93. The molecule has 0 aliphatic rings. The molecule has 0 fully saturated rings. The van der Waals surface area contributed by atoms with Crippen molar-refractivity contribution in [3.05, 3.63) is 25.2 Å². The van der Waals surface area contributed by atoms with E-state index >= 15 is 0 Å². The predicted molar refractivity (Wildman–Crippen MR) is 32.5 cm³/mol. The highest BCUT2D eigenvalue weighted by molar-refractivity contribution is 4.79. The van der Waals surface area contributed by atoms with E-state index < -0.39 is 0 Å². The van der Waals surface area contributed by atoms with Crippen molar-refractivity contribution in [3.8, 4) is 0 Å². The second-order valence-electron chi connectivity index (χ2n) is 1.45. The second kappa shape index (κ2) is 3.13. The molecule has 0 rings (SSSR count). The van der Waals surface area contributed by atoms with Gasteiger partial charge in [-0.25, -0.2) is 0 Å². The van der Waals surface area contributed by atoms with Gasteiger partial charge in [-0.1, -0.05) is 12.7 Å². The van der Waals surface area contributed by atoms with Crippen molar-refractivity contribution in [2.24, 2.45) is 0 Å². The fraction of sp³-hybridized carbons (Fsp3) is 0.333. The summed E-state index contributed by atoms with van der Waals surface area (Å²) in [5.74, 6) is -0.266. The Morgan fingerprint density at radius 1 is 1.88 bits per heavy atom. The van der Waals surface area contributed by atoms with Crippen molar-refractivity contribution in [1.29, 1.82) is 0 Å². The SMILES string of the molecule is C=CC(C)OC(=C)O. The molecule has 2 nitrogen and oxygen atoms in total. The summed E-state index contributed by atoms with van der Waals surface area (Å²) in [6.07, 6.45) is 1.41. The molecule has 1 unspecified atom stereocenters. The fourth-order valence-corrected chi connectivity index (χ4v) is 0.263. The molecule has 0 radical (unpaired) electrons. The maximum atomic E-state index is 8.39. The average Bonchev–Trinajstić information content (AvgIpc) is 1.65. The van der Waals surface area contributed by atoms with Gasteiger partial charge in [0.1, 0.15) is 6.10 Å². The van der Waals surface area contributed by atoms with Crippen LogP contribution in [0.4, 0.5) is 0 Å². The minimum absolute atomic E-state index is 0.160. The highest BCUT2D eigenvalue weighted by Crippen LogP contribution is 1.95. The van der Waals surface area contributed by atoms with E-state index in [0.29, 0.717) is 0 Å². The number of aliphatic hydroxyl groups excluding tert-OH is 1. The van der Waals surface area contributed by atoms with Gasteiger partial charge in [-0.2, -0.15) is 0 Å². The van der Waals surface area contributed by atoms with E-state index in [1.807, 2.05) is 0 Å². The number of hydrogen-bond acceptors (Lipinski definition) is 2. The number of ether oxygens (including phenoxy) is 1. The molecule has 0 aliphatic carbocycles. The lowest BCUT2D eigenvalue weighted by molar-refractivity contribution is 0.0682. The minimum Gasteiger partial charge on any atom is -0.481 e. The minimum atomic E-state index is -0.266. The van der Waals surface area contributed by atoms with E-state index in [4.69, 9.17) is 5.11 Å². The van der Waals surface area contributed by atoms with Crippen molar-refractivity contribution in [2.75, 3.05) is 0 Å². The molecule has 1 atom stereocenters. The lowest BCUT2D eigenvalue weighted by atomic mass is 10.4. The third kappa shape index (κ3) is 3.28. The quantitative estimate of drug-likeness (QED) is 0.446. The molecule has 0 amide bonds. The van der Waals surface area contributed by atoms with Crippen LogP contribution in [0.1, 0.15) is 6.92 Å². The second-order valence-corrected chi connectivity index (χ2v) is 1.45. The van der Waals surface area contributed by atoms with Crippen molar-refractivity contribution in [1.82, 2.24) is 0 Å². The molecule has 1 N–H and O–H groups in total. The van der Waals surface area contributed by atoms with E-state index in [1.165, 1.54) is 0 Å². The van der Waals surface area contributed by atoms with Crippen LogP contribution in [-0.2, 0) is 4.74 Å². The fourth-order valence-electron chi connectivity index (χ4n) is 0.263. The number of rotatable bonds is 3. The summed E-state index contributed by atoms with van der Waals surface area (Å²) in [4.78, 5) is 0. The zero-order valence-corrected chi connectivity index (χ0v) is 4.92. The lowest BCUT2D eigenvalue weighted by Crippen LogP contribution is -2.01. The van der Waals surface area contributed by atoms with E-state index in [1.54, 1.807) is 13.0 Å². The van der Waals surface area contributed by atoms with Gasteiger partial charge in [0, 0.05) is 0 Å². The Hall–Kier alpha value is -0.920. The van der Waals surface area contributed by atoms with Gasteiger partial charge in [0.15, 0.2) is 0 Å². The van der Waals surface area contributed by atoms with Crippen LogP contribution in [0.5, 0.6) is 0 Å².